The number of unbranched alkanes of at least 4 members (excludes halogenated alkanes) is 21. The fourth-order valence-electron chi connectivity index (χ4n) is 6.06. The second kappa shape index (κ2) is 43.1. The lowest BCUT2D eigenvalue weighted by Gasteiger charge is -2.18. The first-order valence-corrected chi connectivity index (χ1v) is 22.6. The highest BCUT2D eigenvalue weighted by molar-refractivity contribution is 5.71. The van der Waals surface area contributed by atoms with E-state index in [-0.39, 0.29) is 37.5 Å². The highest BCUT2D eigenvalue weighted by atomic mass is 16.6. The maximum Gasteiger partial charge on any atom is 0.306 e. The van der Waals surface area contributed by atoms with E-state index in [0.29, 0.717) is 19.3 Å². The van der Waals surface area contributed by atoms with Crippen LogP contribution in [0.15, 0.2) is 48.6 Å². The van der Waals surface area contributed by atoms with Crippen LogP contribution in [0.3, 0.4) is 0 Å². The molecule has 0 aliphatic heterocycles. The Kier molecular flexibility index (Phi) is 41.0. The van der Waals surface area contributed by atoms with E-state index in [4.69, 9.17) is 14.2 Å². The van der Waals surface area contributed by atoms with Gasteiger partial charge in [-0.2, -0.15) is 0 Å². The Morgan fingerprint density at radius 3 is 1.22 bits per heavy atom. The van der Waals surface area contributed by atoms with E-state index in [1.165, 1.54) is 89.9 Å². The minimum absolute atomic E-state index is 0.102. The van der Waals surface area contributed by atoms with Crippen molar-refractivity contribution in [1.29, 1.82) is 0 Å². The van der Waals surface area contributed by atoms with Gasteiger partial charge in [-0.25, -0.2) is 0 Å². The summed E-state index contributed by atoms with van der Waals surface area (Å²) in [6, 6.07) is 0. The van der Waals surface area contributed by atoms with Crippen LogP contribution in [0.1, 0.15) is 220 Å². The second-order valence-electron chi connectivity index (χ2n) is 14.9. The molecule has 6 nitrogen and oxygen atoms in total. The molecule has 1 atom stereocenters. The van der Waals surface area contributed by atoms with Crippen LogP contribution in [0.5, 0.6) is 0 Å². The molecule has 0 aliphatic rings. The lowest BCUT2D eigenvalue weighted by Crippen LogP contribution is -2.30. The van der Waals surface area contributed by atoms with Gasteiger partial charge in [0.15, 0.2) is 6.10 Å². The van der Waals surface area contributed by atoms with Gasteiger partial charge in [0, 0.05) is 19.3 Å². The molecular formula is C48H84O6. The monoisotopic (exact) mass is 757 g/mol. The van der Waals surface area contributed by atoms with E-state index in [9.17, 15) is 14.4 Å². The summed E-state index contributed by atoms with van der Waals surface area (Å²) in [6.07, 6.45) is 49.6. The van der Waals surface area contributed by atoms with E-state index >= 15 is 0 Å². The minimum Gasteiger partial charge on any atom is -0.462 e. The fourth-order valence-corrected chi connectivity index (χ4v) is 6.06. The molecule has 0 fully saturated rings. The summed E-state index contributed by atoms with van der Waals surface area (Å²) < 4.78 is 16.6. The number of carbonyl (C=O) groups is 3. The lowest BCUT2D eigenvalue weighted by molar-refractivity contribution is -0.166. The van der Waals surface area contributed by atoms with Crippen molar-refractivity contribution in [1.82, 2.24) is 0 Å². The second-order valence-corrected chi connectivity index (χ2v) is 14.9. The SMILES string of the molecule is CCCC/C=C\CCCCCCC(=O)OCC(COC(=O)CC/C=C\C/C=C\CCCCCCCC)OC(=O)CCCCC/C=C\CCCCCCCC. The van der Waals surface area contributed by atoms with Crippen molar-refractivity contribution in [2.24, 2.45) is 0 Å². The van der Waals surface area contributed by atoms with Crippen molar-refractivity contribution in [2.45, 2.75) is 226 Å². The Balaban J connectivity index is 4.48. The highest BCUT2D eigenvalue weighted by Gasteiger charge is 2.19. The number of rotatable bonds is 40. The first kappa shape index (κ1) is 51.4. The van der Waals surface area contributed by atoms with Crippen LogP contribution in [0, 0.1) is 0 Å². The van der Waals surface area contributed by atoms with Gasteiger partial charge in [-0.3, -0.25) is 14.4 Å². The minimum atomic E-state index is -0.804. The molecule has 0 amide bonds. The first-order valence-electron chi connectivity index (χ1n) is 22.6. The van der Waals surface area contributed by atoms with Gasteiger partial charge in [0.1, 0.15) is 13.2 Å². The molecule has 0 aromatic carbocycles. The third kappa shape index (κ3) is 40.6. The van der Waals surface area contributed by atoms with Gasteiger partial charge in [0.25, 0.3) is 0 Å². The Morgan fingerprint density at radius 1 is 0.370 bits per heavy atom. The Bertz CT molecular complexity index is 964. The summed E-state index contributed by atoms with van der Waals surface area (Å²) in [7, 11) is 0. The number of hydrogen-bond donors (Lipinski definition) is 0. The smallest absolute Gasteiger partial charge is 0.306 e. The normalized spacial score (nSPS) is 12.4. The van der Waals surface area contributed by atoms with E-state index in [0.717, 1.165) is 83.5 Å². The molecular weight excluding hydrogens is 673 g/mol. The van der Waals surface area contributed by atoms with Crippen molar-refractivity contribution in [3.05, 3.63) is 48.6 Å². The molecule has 0 aliphatic carbocycles. The summed E-state index contributed by atoms with van der Waals surface area (Å²) in [5.41, 5.74) is 0. The zero-order chi connectivity index (χ0) is 39.4. The molecule has 0 saturated carbocycles. The highest BCUT2D eigenvalue weighted by Crippen LogP contribution is 2.12. The molecule has 0 N–H and O–H groups in total. The van der Waals surface area contributed by atoms with Crippen LogP contribution in [-0.4, -0.2) is 37.2 Å². The van der Waals surface area contributed by atoms with Gasteiger partial charge in [-0.1, -0.05) is 166 Å². The number of ether oxygens (including phenoxy) is 3. The predicted octanol–water partition coefficient (Wildman–Crippen LogP) is 14.4. The van der Waals surface area contributed by atoms with Gasteiger partial charge < -0.3 is 14.2 Å². The quantitative estimate of drug-likeness (QED) is 0.0268. The third-order valence-corrected chi connectivity index (χ3v) is 9.54. The fraction of sp³-hybridized carbons (Fsp3) is 0.771. The molecule has 312 valence electrons. The van der Waals surface area contributed by atoms with Crippen molar-refractivity contribution in [3.8, 4) is 0 Å². The van der Waals surface area contributed by atoms with Crippen molar-refractivity contribution >= 4 is 17.9 Å². The predicted molar refractivity (Wildman–Crippen MR) is 229 cm³/mol. The molecule has 0 bridgehead atoms. The first-order chi connectivity index (χ1) is 26.5. The van der Waals surface area contributed by atoms with Gasteiger partial charge in [0.05, 0.1) is 0 Å². The van der Waals surface area contributed by atoms with Gasteiger partial charge in [-0.15, -0.1) is 0 Å². The topological polar surface area (TPSA) is 78.9 Å². The summed E-state index contributed by atoms with van der Waals surface area (Å²) >= 11 is 0. The Hall–Kier alpha value is -2.63. The molecule has 0 heterocycles. The maximum atomic E-state index is 12.7. The van der Waals surface area contributed by atoms with Crippen molar-refractivity contribution in [2.75, 3.05) is 13.2 Å². The number of allylic oxidation sites excluding steroid dienone is 8. The van der Waals surface area contributed by atoms with Crippen LogP contribution in [0.4, 0.5) is 0 Å². The van der Waals surface area contributed by atoms with E-state index < -0.39 is 6.10 Å². The summed E-state index contributed by atoms with van der Waals surface area (Å²) in [5, 5.41) is 0. The standard InChI is InChI=1S/C48H84O6/c1-4-7-10-13-16-19-22-24-26-29-32-35-38-41-47(50)53-44-45(43-52-46(49)40-37-34-31-28-21-18-15-12-9-6-3)54-48(51)42-39-36-33-30-27-25-23-20-17-14-11-8-5-2/h15,18,24-27,32,35,45H,4-14,16-17,19-23,28-31,33-34,36-44H2,1-3H3/b18-15-,26-24-,27-25-,35-32-. The molecule has 0 aromatic rings. The zero-order valence-electron chi connectivity index (χ0n) is 35.5. The molecule has 0 saturated heterocycles. The average Bonchev–Trinajstić information content (AvgIpc) is 3.17. The van der Waals surface area contributed by atoms with Crippen molar-refractivity contribution < 1.29 is 28.6 Å². The van der Waals surface area contributed by atoms with E-state index in [1.54, 1.807) is 0 Å². The van der Waals surface area contributed by atoms with E-state index in [1.807, 2.05) is 6.08 Å². The third-order valence-electron chi connectivity index (χ3n) is 9.54. The van der Waals surface area contributed by atoms with Gasteiger partial charge in [-0.05, 0) is 83.5 Å². The zero-order valence-corrected chi connectivity index (χ0v) is 35.5. The largest absolute Gasteiger partial charge is 0.462 e. The van der Waals surface area contributed by atoms with Gasteiger partial charge >= 0.3 is 17.9 Å². The lowest BCUT2D eigenvalue weighted by atomic mass is 10.1. The van der Waals surface area contributed by atoms with Crippen LogP contribution in [-0.2, 0) is 28.6 Å². The molecule has 54 heavy (non-hydrogen) atoms. The van der Waals surface area contributed by atoms with Crippen LogP contribution in [0.2, 0.25) is 0 Å². The summed E-state index contributed by atoms with van der Waals surface area (Å²) in [5.74, 6) is -1.00. The number of esters is 3. The molecule has 0 radical (unpaired) electrons. The van der Waals surface area contributed by atoms with Crippen LogP contribution in [0.25, 0.3) is 0 Å². The summed E-state index contributed by atoms with van der Waals surface area (Å²) in [6.45, 7) is 6.48. The molecule has 6 heteroatoms. The molecule has 0 rings (SSSR count). The molecule has 1 unspecified atom stereocenters. The molecule has 0 aromatic heterocycles. The molecule has 0 spiro atoms. The Morgan fingerprint density at radius 2 is 0.722 bits per heavy atom. The maximum absolute atomic E-state index is 12.7. The summed E-state index contributed by atoms with van der Waals surface area (Å²) in [4.78, 5) is 37.6. The van der Waals surface area contributed by atoms with Crippen molar-refractivity contribution in [3.63, 3.8) is 0 Å². The number of carbonyl (C=O) groups excluding carboxylic acids is 3. The van der Waals surface area contributed by atoms with E-state index in [2.05, 4.69) is 63.3 Å². The Labute approximate surface area is 333 Å². The average molecular weight is 757 g/mol. The van der Waals surface area contributed by atoms with Crippen LogP contribution < -0.4 is 0 Å². The van der Waals surface area contributed by atoms with Crippen LogP contribution >= 0.6 is 0 Å². The number of hydrogen-bond acceptors (Lipinski definition) is 6. The van der Waals surface area contributed by atoms with Gasteiger partial charge in [0.2, 0.25) is 0 Å².